The van der Waals surface area contributed by atoms with Gasteiger partial charge in [0.05, 0.1) is 0 Å². The van der Waals surface area contributed by atoms with Crippen molar-refractivity contribution in [1.29, 1.82) is 0 Å². The monoisotopic (exact) mass is 173 g/mol. The third-order valence-electron chi connectivity index (χ3n) is 2.03. The molecule has 0 amide bonds. The van der Waals surface area contributed by atoms with Crippen LogP contribution in [0, 0.1) is 0 Å². The van der Waals surface area contributed by atoms with Gasteiger partial charge in [0.15, 0.2) is 0 Å². The van der Waals surface area contributed by atoms with Crippen molar-refractivity contribution >= 4 is 0 Å². The Morgan fingerprint density at radius 3 is 2.50 bits per heavy atom. The predicted molar refractivity (Wildman–Crippen MR) is 53.5 cm³/mol. The van der Waals surface area contributed by atoms with Crippen LogP contribution in [0.1, 0.15) is 40.0 Å². The lowest BCUT2D eigenvalue weighted by molar-refractivity contribution is 0.140. The first-order valence-corrected chi connectivity index (χ1v) is 5.16. The Morgan fingerprint density at radius 2 is 2.00 bits per heavy atom. The van der Waals surface area contributed by atoms with Crippen molar-refractivity contribution in [2.24, 2.45) is 0 Å². The molecule has 0 heterocycles. The second-order valence-corrected chi connectivity index (χ2v) is 3.00. The van der Waals surface area contributed by atoms with E-state index in [4.69, 9.17) is 4.74 Å². The van der Waals surface area contributed by atoms with Gasteiger partial charge in [-0.1, -0.05) is 13.8 Å². The molecule has 2 heteroatoms. The van der Waals surface area contributed by atoms with Crippen molar-refractivity contribution in [2.75, 3.05) is 19.8 Å². The summed E-state index contributed by atoms with van der Waals surface area (Å²) in [4.78, 5) is 0. The van der Waals surface area contributed by atoms with Gasteiger partial charge < -0.3 is 10.1 Å². The molecule has 12 heavy (non-hydrogen) atoms. The van der Waals surface area contributed by atoms with Gasteiger partial charge in [-0.05, 0) is 32.7 Å². The minimum Gasteiger partial charge on any atom is -0.382 e. The maximum Gasteiger partial charge on any atom is 0.0466 e. The Bertz CT molecular complexity index is 85.9. The zero-order valence-electron chi connectivity index (χ0n) is 8.73. The summed E-state index contributed by atoms with van der Waals surface area (Å²) in [7, 11) is 0. The fraction of sp³-hybridized carbons (Fsp3) is 1.00. The summed E-state index contributed by atoms with van der Waals surface area (Å²) in [6, 6.07) is 0.690. The highest BCUT2D eigenvalue weighted by Gasteiger charge is 2.02. The molecule has 0 bridgehead atoms. The van der Waals surface area contributed by atoms with Crippen LogP contribution < -0.4 is 5.32 Å². The lowest BCUT2D eigenvalue weighted by Crippen LogP contribution is -2.28. The molecule has 1 unspecified atom stereocenters. The molecule has 74 valence electrons. The third-order valence-corrected chi connectivity index (χ3v) is 2.03. The highest BCUT2D eigenvalue weighted by Crippen LogP contribution is 2.01. The van der Waals surface area contributed by atoms with Crippen LogP contribution in [0.5, 0.6) is 0 Å². The average Bonchev–Trinajstić information content (AvgIpc) is 2.10. The molecule has 0 rings (SSSR count). The first kappa shape index (κ1) is 11.9. The molecule has 0 saturated heterocycles. The van der Waals surface area contributed by atoms with Gasteiger partial charge >= 0.3 is 0 Å². The largest absolute Gasteiger partial charge is 0.382 e. The average molecular weight is 173 g/mol. The van der Waals surface area contributed by atoms with E-state index in [0.29, 0.717) is 6.04 Å². The van der Waals surface area contributed by atoms with Crippen LogP contribution >= 0.6 is 0 Å². The van der Waals surface area contributed by atoms with E-state index in [9.17, 15) is 0 Å². The first-order chi connectivity index (χ1) is 5.85. The SMILES string of the molecule is CCNC(CC)CCCOCC. The Labute approximate surface area is 76.7 Å². The summed E-state index contributed by atoms with van der Waals surface area (Å²) in [6.45, 7) is 9.27. The number of rotatable bonds is 8. The molecule has 0 spiro atoms. The van der Waals surface area contributed by atoms with Crippen molar-refractivity contribution in [3.8, 4) is 0 Å². The van der Waals surface area contributed by atoms with Gasteiger partial charge in [0.2, 0.25) is 0 Å². The Morgan fingerprint density at radius 1 is 1.25 bits per heavy atom. The van der Waals surface area contributed by atoms with Crippen LogP contribution in [0.2, 0.25) is 0 Å². The maximum absolute atomic E-state index is 5.28. The Hall–Kier alpha value is -0.0800. The maximum atomic E-state index is 5.28. The summed E-state index contributed by atoms with van der Waals surface area (Å²) in [5.74, 6) is 0. The molecular formula is C10H23NO. The number of hydrogen-bond acceptors (Lipinski definition) is 2. The zero-order chi connectivity index (χ0) is 9.23. The van der Waals surface area contributed by atoms with E-state index in [1.807, 2.05) is 6.92 Å². The highest BCUT2D eigenvalue weighted by atomic mass is 16.5. The molecule has 0 radical (unpaired) electrons. The normalized spacial score (nSPS) is 13.2. The van der Waals surface area contributed by atoms with E-state index in [0.717, 1.165) is 19.8 Å². The van der Waals surface area contributed by atoms with Crippen molar-refractivity contribution < 1.29 is 4.74 Å². The Kier molecular flexibility index (Phi) is 8.95. The van der Waals surface area contributed by atoms with Crippen LogP contribution in [0.3, 0.4) is 0 Å². The third kappa shape index (κ3) is 6.62. The summed E-state index contributed by atoms with van der Waals surface area (Å²) in [6.07, 6.45) is 3.64. The molecule has 0 aliphatic heterocycles. The first-order valence-electron chi connectivity index (χ1n) is 5.16. The number of ether oxygens (including phenoxy) is 1. The topological polar surface area (TPSA) is 21.3 Å². The molecule has 1 atom stereocenters. The van der Waals surface area contributed by atoms with Crippen molar-refractivity contribution in [3.63, 3.8) is 0 Å². The molecule has 0 saturated carbocycles. The minimum atomic E-state index is 0.690. The lowest BCUT2D eigenvalue weighted by Gasteiger charge is -2.14. The second-order valence-electron chi connectivity index (χ2n) is 3.00. The molecule has 2 nitrogen and oxygen atoms in total. The lowest BCUT2D eigenvalue weighted by atomic mass is 10.1. The summed E-state index contributed by atoms with van der Waals surface area (Å²) in [5, 5.41) is 3.45. The van der Waals surface area contributed by atoms with Gasteiger partial charge in [-0.25, -0.2) is 0 Å². The van der Waals surface area contributed by atoms with Crippen molar-refractivity contribution in [3.05, 3.63) is 0 Å². The van der Waals surface area contributed by atoms with Gasteiger partial charge in [-0.2, -0.15) is 0 Å². The summed E-state index contributed by atoms with van der Waals surface area (Å²) >= 11 is 0. The predicted octanol–water partition coefficient (Wildman–Crippen LogP) is 2.19. The van der Waals surface area contributed by atoms with Crippen LogP contribution in [0.4, 0.5) is 0 Å². The van der Waals surface area contributed by atoms with Crippen molar-refractivity contribution in [1.82, 2.24) is 5.32 Å². The molecule has 0 aromatic heterocycles. The van der Waals surface area contributed by atoms with E-state index < -0.39 is 0 Å². The van der Waals surface area contributed by atoms with E-state index in [1.54, 1.807) is 0 Å². The Balaban J connectivity index is 3.19. The summed E-state index contributed by atoms with van der Waals surface area (Å²) < 4.78 is 5.28. The fourth-order valence-electron chi connectivity index (χ4n) is 1.32. The van der Waals surface area contributed by atoms with Gasteiger partial charge in [0.1, 0.15) is 0 Å². The molecule has 0 aliphatic carbocycles. The van der Waals surface area contributed by atoms with Gasteiger partial charge in [0.25, 0.3) is 0 Å². The summed E-state index contributed by atoms with van der Waals surface area (Å²) in [5.41, 5.74) is 0. The van der Waals surface area contributed by atoms with Crippen LogP contribution in [0.15, 0.2) is 0 Å². The molecule has 0 aromatic carbocycles. The van der Waals surface area contributed by atoms with Gasteiger partial charge in [0, 0.05) is 19.3 Å². The molecule has 1 N–H and O–H groups in total. The second kappa shape index (κ2) is 9.01. The molecular weight excluding hydrogens is 150 g/mol. The van der Waals surface area contributed by atoms with Crippen LogP contribution in [-0.4, -0.2) is 25.8 Å². The molecule has 0 aliphatic rings. The molecule has 0 fully saturated rings. The minimum absolute atomic E-state index is 0.690. The van der Waals surface area contributed by atoms with E-state index in [1.165, 1.54) is 19.3 Å². The number of hydrogen-bond donors (Lipinski definition) is 1. The standard InChI is InChI=1S/C10H23NO/c1-4-10(11-5-2)8-7-9-12-6-3/h10-11H,4-9H2,1-3H3. The fourth-order valence-corrected chi connectivity index (χ4v) is 1.32. The molecule has 0 aromatic rings. The zero-order valence-corrected chi connectivity index (χ0v) is 8.73. The van der Waals surface area contributed by atoms with Crippen molar-refractivity contribution in [2.45, 2.75) is 46.1 Å². The van der Waals surface area contributed by atoms with Crippen LogP contribution in [0.25, 0.3) is 0 Å². The van der Waals surface area contributed by atoms with Gasteiger partial charge in [-0.3, -0.25) is 0 Å². The quantitative estimate of drug-likeness (QED) is 0.568. The van der Waals surface area contributed by atoms with Crippen LogP contribution in [-0.2, 0) is 4.74 Å². The number of nitrogens with one attached hydrogen (secondary N) is 1. The highest BCUT2D eigenvalue weighted by molar-refractivity contribution is 4.62. The van der Waals surface area contributed by atoms with E-state index in [2.05, 4.69) is 19.2 Å². The van der Waals surface area contributed by atoms with E-state index >= 15 is 0 Å². The smallest absolute Gasteiger partial charge is 0.0466 e. The van der Waals surface area contributed by atoms with E-state index in [-0.39, 0.29) is 0 Å². The van der Waals surface area contributed by atoms with Gasteiger partial charge in [-0.15, -0.1) is 0 Å².